The summed E-state index contributed by atoms with van der Waals surface area (Å²) in [5.41, 5.74) is 0.745. The van der Waals surface area contributed by atoms with Crippen LogP contribution in [0, 0.1) is 0 Å². The maximum Gasteiger partial charge on any atom is 0.315 e. The SMILES string of the molecule is COC(=O)C(C)(C)c1ccc2c(c1)OCC(=O)N2C. The van der Waals surface area contributed by atoms with Gasteiger partial charge in [0, 0.05) is 7.05 Å². The fourth-order valence-corrected chi connectivity index (χ4v) is 2.04. The molecule has 0 N–H and O–H groups in total. The Morgan fingerprint density at radius 1 is 1.42 bits per heavy atom. The average Bonchev–Trinajstić information content (AvgIpc) is 2.41. The first kappa shape index (κ1) is 13.4. The number of ether oxygens (including phenoxy) is 2. The monoisotopic (exact) mass is 263 g/mol. The van der Waals surface area contributed by atoms with Gasteiger partial charge in [-0.3, -0.25) is 9.59 Å². The van der Waals surface area contributed by atoms with Gasteiger partial charge in [0.2, 0.25) is 0 Å². The molecule has 0 aromatic heterocycles. The van der Waals surface area contributed by atoms with Crippen LogP contribution in [0.25, 0.3) is 0 Å². The second-order valence-electron chi connectivity index (χ2n) is 5.04. The summed E-state index contributed by atoms with van der Waals surface area (Å²) in [5, 5.41) is 0. The van der Waals surface area contributed by atoms with E-state index < -0.39 is 5.41 Å². The van der Waals surface area contributed by atoms with E-state index in [1.807, 2.05) is 6.07 Å². The standard InChI is InChI=1S/C14H17NO4/c1-14(2,13(17)18-4)9-5-6-10-11(7-9)19-8-12(16)15(10)3/h5-7H,8H2,1-4H3. The van der Waals surface area contributed by atoms with Crippen LogP contribution in [-0.2, 0) is 19.7 Å². The summed E-state index contributed by atoms with van der Waals surface area (Å²) in [4.78, 5) is 24.9. The van der Waals surface area contributed by atoms with Crippen molar-refractivity contribution in [3.05, 3.63) is 23.8 Å². The van der Waals surface area contributed by atoms with Crippen LogP contribution < -0.4 is 9.64 Å². The van der Waals surface area contributed by atoms with Gasteiger partial charge in [-0.25, -0.2) is 0 Å². The number of likely N-dealkylation sites (N-methyl/N-ethyl adjacent to an activating group) is 1. The molecule has 5 heteroatoms. The van der Waals surface area contributed by atoms with Gasteiger partial charge in [-0.15, -0.1) is 0 Å². The van der Waals surface area contributed by atoms with E-state index in [-0.39, 0.29) is 18.5 Å². The number of carbonyl (C=O) groups excluding carboxylic acids is 2. The van der Waals surface area contributed by atoms with Gasteiger partial charge in [-0.2, -0.15) is 0 Å². The molecule has 5 nitrogen and oxygen atoms in total. The van der Waals surface area contributed by atoms with Gasteiger partial charge in [0.1, 0.15) is 5.75 Å². The first-order valence-electron chi connectivity index (χ1n) is 6.00. The summed E-state index contributed by atoms with van der Waals surface area (Å²) < 4.78 is 10.2. The molecule has 1 amide bonds. The highest BCUT2D eigenvalue weighted by Gasteiger charge is 2.33. The second kappa shape index (κ2) is 4.57. The van der Waals surface area contributed by atoms with Crippen LogP contribution in [0.4, 0.5) is 5.69 Å². The highest BCUT2D eigenvalue weighted by molar-refractivity contribution is 5.97. The number of esters is 1. The molecule has 19 heavy (non-hydrogen) atoms. The van der Waals surface area contributed by atoms with E-state index in [1.54, 1.807) is 37.9 Å². The van der Waals surface area contributed by atoms with E-state index in [0.717, 1.165) is 5.56 Å². The number of rotatable bonds is 2. The zero-order valence-electron chi connectivity index (χ0n) is 11.5. The Kier molecular flexibility index (Phi) is 3.22. The summed E-state index contributed by atoms with van der Waals surface area (Å²) in [6.07, 6.45) is 0. The van der Waals surface area contributed by atoms with Gasteiger partial charge in [0.15, 0.2) is 6.61 Å². The highest BCUT2D eigenvalue weighted by atomic mass is 16.5. The third-order valence-corrected chi connectivity index (χ3v) is 3.46. The van der Waals surface area contributed by atoms with E-state index in [1.165, 1.54) is 7.11 Å². The lowest BCUT2D eigenvalue weighted by atomic mass is 9.84. The van der Waals surface area contributed by atoms with Crippen LogP contribution >= 0.6 is 0 Å². The van der Waals surface area contributed by atoms with Gasteiger partial charge in [-0.05, 0) is 31.5 Å². The molecule has 1 heterocycles. The lowest BCUT2D eigenvalue weighted by molar-refractivity contribution is -0.146. The Hall–Kier alpha value is -2.04. The van der Waals surface area contributed by atoms with Crippen molar-refractivity contribution in [1.29, 1.82) is 0 Å². The number of benzene rings is 1. The van der Waals surface area contributed by atoms with Crippen LogP contribution in [0.2, 0.25) is 0 Å². The summed E-state index contributed by atoms with van der Waals surface area (Å²) in [7, 11) is 3.07. The number of fused-ring (bicyclic) bond motifs is 1. The summed E-state index contributed by atoms with van der Waals surface area (Å²) in [6.45, 7) is 3.60. The van der Waals surface area contributed by atoms with Crippen molar-refractivity contribution >= 4 is 17.6 Å². The van der Waals surface area contributed by atoms with Crippen molar-refractivity contribution in [3.8, 4) is 5.75 Å². The topological polar surface area (TPSA) is 55.8 Å². The number of carbonyl (C=O) groups is 2. The third kappa shape index (κ3) is 2.16. The molecule has 0 spiro atoms. The van der Waals surface area contributed by atoms with Gasteiger partial charge in [0.05, 0.1) is 18.2 Å². The van der Waals surface area contributed by atoms with Gasteiger partial charge in [-0.1, -0.05) is 6.07 Å². The van der Waals surface area contributed by atoms with Gasteiger partial charge in [0.25, 0.3) is 5.91 Å². The molecule has 0 radical (unpaired) electrons. The molecule has 102 valence electrons. The van der Waals surface area contributed by atoms with Crippen LogP contribution in [0.15, 0.2) is 18.2 Å². The maximum absolute atomic E-state index is 11.8. The number of hydrogen-bond acceptors (Lipinski definition) is 4. The van der Waals surface area contributed by atoms with Gasteiger partial charge < -0.3 is 14.4 Å². The molecule has 0 aliphatic carbocycles. The van der Waals surface area contributed by atoms with E-state index in [2.05, 4.69) is 0 Å². The average molecular weight is 263 g/mol. The Labute approximate surface area is 112 Å². The van der Waals surface area contributed by atoms with E-state index >= 15 is 0 Å². The number of methoxy groups -OCH3 is 1. The van der Waals surface area contributed by atoms with Crippen LogP contribution in [-0.4, -0.2) is 32.6 Å². The van der Waals surface area contributed by atoms with E-state index in [9.17, 15) is 9.59 Å². The first-order valence-corrected chi connectivity index (χ1v) is 6.00. The molecular weight excluding hydrogens is 246 g/mol. The number of hydrogen-bond donors (Lipinski definition) is 0. The predicted octanol–water partition coefficient (Wildman–Crippen LogP) is 1.49. The lowest BCUT2D eigenvalue weighted by Crippen LogP contribution is -2.36. The summed E-state index contributed by atoms with van der Waals surface area (Å²) >= 11 is 0. The second-order valence-corrected chi connectivity index (χ2v) is 5.04. The van der Waals surface area contributed by atoms with Crippen molar-refractivity contribution < 1.29 is 19.1 Å². The molecule has 0 saturated carbocycles. The molecule has 0 fully saturated rings. The Morgan fingerprint density at radius 2 is 2.11 bits per heavy atom. The Bertz CT molecular complexity index is 536. The normalized spacial score (nSPS) is 14.7. The predicted molar refractivity (Wildman–Crippen MR) is 70.4 cm³/mol. The lowest BCUT2D eigenvalue weighted by Gasteiger charge is -2.28. The Balaban J connectivity index is 2.42. The van der Waals surface area contributed by atoms with Crippen LogP contribution in [0.1, 0.15) is 19.4 Å². The smallest absolute Gasteiger partial charge is 0.315 e. The zero-order chi connectivity index (χ0) is 14.2. The van der Waals surface area contributed by atoms with Crippen molar-refractivity contribution in [3.63, 3.8) is 0 Å². The molecule has 1 aliphatic heterocycles. The molecule has 2 rings (SSSR count). The molecule has 1 aromatic carbocycles. The molecular formula is C14H17NO4. The van der Waals surface area contributed by atoms with Crippen LogP contribution in [0.3, 0.4) is 0 Å². The minimum absolute atomic E-state index is 0.0195. The Morgan fingerprint density at radius 3 is 2.74 bits per heavy atom. The van der Waals surface area contributed by atoms with E-state index in [4.69, 9.17) is 9.47 Å². The van der Waals surface area contributed by atoms with Crippen LogP contribution in [0.5, 0.6) is 5.75 Å². The highest BCUT2D eigenvalue weighted by Crippen LogP contribution is 2.36. The molecule has 0 saturated heterocycles. The summed E-state index contributed by atoms with van der Waals surface area (Å²) in [6, 6.07) is 5.38. The largest absolute Gasteiger partial charge is 0.482 e. The number of amides is 1. The quantitative estimate of drug-likeness (QED) is 0.759. The minimum Gasteiger partial charge on any atom is -0.482 e. The van der Waals surface area contributed by atoms with Gasteiger partial charge >= 0.3 is 5.97 Å². The van der Waals surface area contributed by atoms with Crippen molar-refractivity contribution in [2.75, 3.05) is 25.7 Å². The number of anilines is 1. The van der Waals surface area contributed by atoms with Crippen molar-refractivity contribution in [1.82, 2.24) is 0 Å². The number of nitrogens with zero attached hydrogens (tertiary/aromatic N) is 1. The maximum atomic E-state index is 11.8. The summed E-state index contributed by atoms with van der Waals surface area (Å²) in [5.74, 6) is 0.205. The van der Waals surface area contributed by atoms with Crippen molar-refractivity contribution in [2.24, 2.45) is 0 Å². The molecule has 0 bridgehead atoms. The van der Waals surface area contributed by atoms with Crippen molar-refractivity contribution in [2.45, 2.75) is 19.3 Å². The zero-order valence-corrected chi connectivity index (χ0v) is 11.5. The third-order valence-electron chi connectivity index (χ3n) is 3.46. The fourth-order valence-electron chi connectivity index (χ4n) is 2.04. The minimum atomic E-state index is -0.757. The first-order chi connectivity index (χ1) is 8.87. The molecule has 0 unspecified atom stereocenters. The molecule has 1 aliphatic rings. The van der Waals surface area contributed by atoms with E-state index in [0.29, 0.717) is 11.4 Å². The fraction of sp³-hybridized carbons (Fsp3) is 0.429. The molecule has 1 aromatic rings. The molecule has 0 atom stereocenters.